The summed E-state index contributed by atoms with van der Waals surface area (Å²) < 4.78 is 0. The Balaban J connectivity index is 2.22. The summed E-state index contributed by atoms with van der Waals surface area (Å²) in [5, 5.41) is 14.9. The van der Waals surface area contributed by atoms with E-state index >= 15 is 0 Å². The van der Waals surface area contributed by atoms with E-state index in [-0.39, 0.29) is 0 Å². The van der Waals surface area contributed by atoms with Gasteiger partial charge in [-0.2, -0.15) is 20.1 Å². The van der Waals surface area contributed by atoms with Gasteiger partial charge in [-0.05, 0) is 6.07 Å². The Bertz CT molecular complexity index is 625. The second-order valence-corrected chi connectivity index (χ2v) is 3.53. The largest absolute Gasteiger partial charge is 0.384 e. The van der Waals surface area contributed by atoms with Crippen LogP contribution in [0, 0.1) is 0 Å². The summed E-state index contributed by atoms with van der Waals surface area (Å²) in [6.45, 7) is 0. The number of benzene rings is 1. The van der Waals surface area contributed by atoms with Gasteiger partial charge in [-0.1, -0.05) is 18.2 Å². The van der Waals surface area contributed by atoms with Gasteiger partial charge in [-0.15, -0.1) is 0 Å². The van der Waals surface area contributed by atoms with E-state index < -0.39 is 0 Å². The molecule has 3 N–H and O–H groups in total. The molecule has 0 aliphatic carbocycles. The van der Waals surface area contributed by atoms with E-state index in [1.165, 1.54) is 0 Å². The third-order valence-corrected chi connectivity index (χ3v) is 2.50. The zero-order valence-corrected chi connectivity index (χ0v) is 8.91. The number of rotatable bonds is 2. The number of hydrogen-bond acceptors (Lipinski definition) is 4. The van der Waals surface area contributed by atoms with Crippen LogP contribution in [0.2, 0.25) is 0 Å². The molecule has 0 spiro atoms. The fraction of sp³-hybridized carbons (Fsp3) is 0. The van der Waals surface area contributed by atoms with Crippen molar-refractivity contribution in [2.75, 3.05) is 5.73 Å². The topological polar surface area (TPSA) is 85.4 Å². The predicted octanol–water partition coefficient (Wildman–Crippen LogP) is 1.24. The number of anilines is 1. The quantitative estimate of drug-likeness (QED) is 0.688. The molecule has 0 saturated heterocycles. The molecule has 17 heavy (non-hydrogen) atoms. The highest BCUT2D eigenvalue weighted by Gasteiger charge is 2.11. The molecule has 0 bridgehead atoms. The molecular formula is C11H10N6. The number of nitrogens with two attached hydrogens (primary N) is 1. The van der Waals surface area contributed by atoms with Crippen molar-refractivity contribution in [3.63, 3.8) is 0 Å². The summed E-state index contributed by atoms with van der Waals surface area (Å²) in [6.07, 6.45) is 4.96. The first-order chi connectivity index (χ1) is 8.36. The van der Waals surface area contributed by atoms with Crippen molar-refractivity contribution in [2.24, 2.45) is 0 Å². The van der Waals surface area contributed by atoms with Gasteiger partial charge >= 0.3 is 0 Å². The molecule has 0 aliphatic rings. The lowest BCUT2D eigenvalue weighted by atomic mass is 10.1. The summed E-state index contributed by atoms with van der Waals surface area (Å²) in [6, 6.07) is 7.76. The second kappa shape index (κ2) is 3.75. The fourth-order valence-electron chi connectivity index (χ4n) is 1.73. The van der Waals surface area contributed by atoms with Crippen LogP contribution in [0.25, 0.3) is 16.8 Å². The molecule has 3 aromatic rings. The maximum Gasteiger partial charge on any atom is 0.126 e. The summed E-state index contributed by atoms with van der Waals surface area (Å²) in [7, 11) is 0. The van der Waals surface area contributed by atoms with E-state index in [0.717, 1.165) is 16.8 Å². The van der Waals surface area contributed by atoms with Crippen molar-refractivity contribution in [3.8, 4) is 16.8 Å². The Labute approximate surface area is 97.1 Å². The molecule has 2 heterocycles. The minimum atomic E-state index is 0.532. The van der Waals surface area contributed by atoms with Crippen molar-refractivity contribution < 1.29 is 0 Å². The van der Waals surface area contributed by atoms with E-state index in [1.54, 1.807) is 23.4 Å². The number of H-pyrrole nitrogens is 1. The van der Waals surface area contributed by atoms with Crippen LogP contribution >= 0.6 is 0 Å². The molecule has 0 aliphatic heterocycles. The molecular weight excluding hydrogens is 216 g/mol. The van der Waals surface area contributed by atoms with E-state index in [4.69, 9.17) is 5.73 Å². The first kappa shape index (κ1) is 9.59. The average Bonchev–Trinajstić information content (AvgIpc) is 3.00. The molecule has 1 aromatic carbocycles. The highest BCUT2D eigenvalue weighted by Crippen LogP contribution is 2.28. The molecule has 84 valence electrons. The van der Waals surface area contributed by atoms with Gasteiger partial charge in [0.05, 0.1) is 24.3 Å². The van der Waals surface area contributed by atoms with Gasteiger partial charge in [0.1, 0.15) is 5.82 Å². The predicted molar refractivity (Wildman–Crippen MR) is 63.4 cm³/mol. The van der Waals surface area contributed by atoms with Gasteiger partial charge in [0, 0.05) is 11.1 Å². The van der Waals surface area contributed by atoms with E-state index in [2.05, 4.69) is 20.4 Å². The highest BCUT2D eigenvalue weighted by atomic mass is 15.5. The molecule has 2 aromatic heterocycles. The Morgan fingerprint density at radius 3 is 2.53 bits per heavy atom. The highest BCUT2D eigenvalue weighted by molar-refractivity contribution is 5.79. The van der Waals surface area contributed by atoms with Gasteiger partial charge in [-0.25, -0.2) is 0 Å². The van der Waals surface area contributed by atoms with Crippen LogP contribution < -0.4 is 5.73 Å². The number of para-hydroxylation sites is 1. The maximum atomic E-state index is 5.83. The van der Waals surface area contributed by atoms with Gasteiger partial charge in [0.2, 0.25) is 0 Å². The third kappa shape index (κ3) is 1.55. The van der Waals surface area contributed by atoms with Crippen molar-refractivity contribution in [1.82, 2.24) is 25.2 Å². The monoisotopic (exact) mass is 226 g/mol. The van der Waals surface area contributed by atoms with Crippen LogP contribution in [-0.4, -0.2) is 25.2 Å². The molecule has 0 atom stereocenters. The smallest absolute Gasteiger partial charge is 0.126 e. The molecule has 0 unspecified atom stereocenters. The lowest BCUT2D eigenvalue weighted by Gasteiger charge is -2.06. The van der Waals surface area contributed by atoms with Crippen LogP contribution in [0.3, 0.4) is 0 Å². The molecule has 0 amide bonds. The van der Waals surface area contributed by atoms with Gasteiger partial charge < -0.3 is 5.73 Å². The average molecular weight is 226 g/mol. The number of nitrogen functional groups attached to an aromatic ring is 1. The minimum Gasteiger partial charge on any atom is -0.384 e. The van der Waals surface area contributed by atoms with Crippen LogP contribution in [0.4, 0.5) is 5.82 Å². The van der Waals surface area contributed by atoms with Crippen LogP contribution in [0.5, 0.6) is 0 Å². The normalized spacial score (nSPS) is 10.6. The summed E-state index contributed by atoms with van der Waals surface area (Å²) in [5.74, 6) is 0.532. The van der Waals surface area contributed by atoms with Crippen LogP contribution in [-0.2, 0) is 0 Å². The zero-order chi connectivity index (χ0) is 11.7. The summed E-state index contributed by atoms with van der Waals surface area (Å²) >= 11 is 0. The van der Waals surface area contributed by atoms with Crippen molar-refractivity contribution in [1.29, 1.82) is 0 Å². The Morgan fingerprint density at radius 2 is 1.82 bits per heavy atom. The Kier molecular flexibility index (Phi) is 2.11. The van der Waals surface area contributed by atoms with Gasteiger partial charge in [-0.3, -0.25) is 5.10 Å². The van der Waals surface area contributed by atoms with E-state index in [9.17, 15) is 0 Å². The first-order valence-electron chi connectivity index (χ1n) is 5.11. The molecule has 0 fully saturated rings. The molecule has 6 nitrogen and oxygen atoms in total. The first-order valence-corrected chi connectivity index (χ1v) is 5.11. The Hall–Kier alpha value is -2.63. The number of aromatic nitrogens is 5. The second-order valence-electron chi connectivity index (χ2n) is 3.53. The van der Waals surface area contributed by atoms with Gasteiger partial charge in [0.15, 0.2) is 0 Å². The van der Waals surface area contributed by atoms with Crippen molar-refractivity contribution in [3.05, 3.63) is 42.9 Å². The number of aromatic amines is 1. The third-order valence-electron chi connectivity index (χ3n) is 2.50. The molecule has 0 saturated carbocycles. The summed E-state index contributed by atoms with van der Waals surface area (Å²) in [5.41, 5.74) is 8.48. The number of hydrogen-bond donors (Lipinski definition) is 2. The van der Waals surface area contributed by atoms with E-state index in [1.807, 2.05) is 24.3 Å². The maximum absolute atomic E-state index is 5.83. The van der Waals surface area contributed by atoms with Crippen molar-refractivity contribution >= 4 is 5.82 Å². The lowest BCUT2D eigenvalue weighted by molar-refractivity contribution is 0.753. The van der Waals surface area contributed by atoms with Gasteiger partial charge in [0.25, 0.3) is 0 Å². The SMILES string of the molecule is Nc1[nH]ncc1-c1ccccc1-n1nccn1. The zero-order valence-electron chi connectivity index (χ0n) is 8.91. The number of nitrogens with zero attached hydrogens (tertiary/aromatic N) is 4. The minimum absolute atomic E-state index is 0.532. The molecule has 3 rings (SSSR count). The van der Waals surface area contributed by atoms with Crippen LogP contribution in [0.1, 0.15) is 0 Å². The number of nitrogens with one attached hydrogen (secondary N) is 1. The van der Waals surface area contributed by atoms with Crippen molar-refractivity contribution in [2.45, 2.75) is 0 Å². The van der Waals surface area contributed by atoms with Crippen LogP contribution in [0.15, 0.2) is 42.9 Å². The summed E-state index contributed by atoms with van der Waals surface area (Å²) in [4.78, 5) is 1.56. The van der Waals surface area contributed by atoms with E-state index in [0.29, 0.717) is 5.82 Å². The molecule has 6 heteroatoms. The lowest BCUT2D eigenvalue weighted by Crippen LogP contribution is -2.01. The Morgan fingerprint density at radius 1 is 1.06 bits per heavy atom. The molecule has 0 radical (unpaired) electrons. The standard InChI is InChI=1S/C11H10N6/c12-11-9(7-13-16-11)8-3-1-2-4-10(8)17-14-5-6-15-17/h1-7H,(H3,12,13,16). The fourth-order valence-corrected chi connectivity index (χ4v) is 1.73.